The van der Waals surface area contributed by atoms with E-state index >= 15 is 0 Å². The van der Waals surface area contributed by atoms with Crippen LogP contribution in [-0.2, 0) is 0 Å². The fourth-order valence-electron chi connectivity index (χ4n) is 2.78. The van der Waals surface area contributed by atoms with Crippen molar-refractivity contribution in [1.82, 2.24) is 15.6 Å². The minimum absolute atomic E-state index is 0.170. The zero-order valence-electron chi connectivity index (χ0n) is 11.1. The topological polar surface area (TPSA) is 74.3 Å². The number of piperidine rings is 1. The van der Waals surface area contributed by atoms with Crippen LogP contribution in [0.25, 0.3) is 0 Å². The molecule has 6 heteroatoms. The molecule has 0 radical (unpaired) electrons. The molecule has 0 bridgehead atoms. The number of hydrogen-bond donors (Lipinski definition) is 2. The molecule has 0 atom stereocenters. The maximum absolute atomic E-state index is 11.4. The number of aromatic nitrogens is 1. The lowest BCUT2D eigenvalue weighted by molar-refractivity contribution is 0.112. The van der Waals surface area contributed by atoms with Crippen LogP contribution in [0.4, 0.5) is 10.6 Å². The van der Waals surface area contributed by atoms with E-state index in [2.05, 4.69) is 27.1 Å². The summed E-state index contributed by atoms with van der Waals surface area (Å²) in [5, 5.41) is 5.70. The molecule has 0 saturated carbocycles. The number of amides is 2. The van der Waals surface area contributed by atoms with E-state index in [1.807, 2.05) is 6.07 Å². The summed E-state index contributed by atoms with van der Waals surface area (Å²) < 4.78 is 0. The second-order valence-corrected chi connectivity index (χ2v) is 5.19. The normalized spacial score (nSPS) is 20.7. The van der Waals surface area contributed by atoms with Crippen molar-refractivity contribution in [2.24, 2.45) is 0 Å². The summed E-state index contributed by atoms with van der Waals surface area (Å²) in [6.45, 7) is 5.51. The first-order valence-corrected chi connectivity index (χ1v) is 6.58. The van der Waals surface area contributed by atoms with Crippen molar-refractivity contribution in [3.63, 3.8) is 0 Å². The number of carbonyl (C=O) groups is 2. The monoisotopic (exact) mass is 272 g/mol. The van der Waals surface area contributed by atoms with Crippen molar-refractivity contribution in [2.75, 3.05) is 18.0 Å². The minimum atomic E-state index is -0.323. The van der Waals surface area contributed by atoms with Crippen LogP contribution in [-0.4, -0.2) is 35.9 Å². The molecule has 2 aliphatic heterocycles. The van der Waals surface area contributed by atoms with Crippen molar-refractivity contribution in [3.05, 3.63) is 36.2 Å². The Morgan fingerprint density at radius 2 is 2.10 bits per heavy atom. The van der Waals surface area contributed by atoms with Gasteiger partial charge in [-0.1, -0.05) is 6.58 Å². The molecule has 3 heterocycles. The van der Waals surface area contributed by atoms with Gasteiger partial charge in [-0.2, -0.15) is 0 Å². The Balaban J connectivity index is 1.70. The highest BCUT2D eigenvalue weighted by Crippen LogP contribution is 2.32. The summed E-state index contributed by atoms with van der Waals surface area (Å²) in [4.78, 5) is 28.5. The summed E-state index contributed by atoms with van der Waals surface area (Å²) in [5.74, 6) is 0.855. The number of nitrogens with one attached hydrogen (secondary N) is 2. The van der Waals surface area contributed by atoms with E-state index in [4.69, 9.17) is 0 Å². The number of carbonyl (C=O) groups excluding carboxylic acids is 2. The number of rotatable bonds is 2. The van der Waals surface area contributed by atoms with E-state index in [1.54, 1.807) is 12.3 Å². The van der Waals surface area contributed by atoms with Crippen molar-refractivity contribution in [2.45, 2.75) is 18.4 Å². The van der Waals surface area contributed by atoms with E-state index in [0.717, 1.165) is 43.7 Å². The Bertz CT molecular complexity index is 559. The van der Waals surface area contributed by atoms with E-state index in [-0.39, 0.29) is 11.6 Å². The molecule has 2 saturated heterocycles. The second-order valence-electron chi connectivity index (χ2n) is 5.19. The molecule has 104 valence electrons. The molecule has 6 nitrogen and oxygen atoms in total. The summed E-state index contributed by atoms with van der Waals surface area (Å²) in [6.07, 6.45) is 3.94. The van der Waals surface area contributed by atoms with Gasteiger partial charge in [-0.15, -0.1) is 0 Å². The average Bonchev–Trinajstić information content (AvgIpc) is 2.74. The van der Waals surface area contributed by atoms with Gasteiger partial charge >= 0.3 is 6.03 Å². The molecule has 1 spiro atoms. The SMILES string of the molecule is C=C1NC(=O)NC12CCN(c1ccc(C=O)cn1)CC2. The van der Waals surface area contributed by atoms with Crippen LogP contribution in [0.15, 0.2) is 30.6 Å². The molecule has 0 aliphatic carbocycles. The van der Waals surface area contributed by atoms with Crippen LogP contribution in [0.2, 0.25) is 0 Å². The third-order valence-corrected chi connectivity index (χ3v) is 4.04. The first kappa shape index (κ1) is 12.7. The zero-order valence-corrected chi connectivity index (χ0v) is 11.1. The number of anilines is 1. The highest BCUT2D eigenvalue weighted by molar-refractivity contribution is 5.81. The number of aldehydes is 1. The first-order valence-electron chi connectivity index (χ1n) is 6.58. The van der Waals surface area contributed by atoms with Gasteiger partial charge in [-0.25, -0.2) is 9.78 Å². The fourth-order valence-corrected chi connectivity index (χ4v) is 2.78. The lowest BCUT2D eigenvalue weighted by Crippen LogP contribution is -2.51. The lowest BCUT2D eigenvalue weighted by Gasteiger charge is -2.39. The smallest absolute Gasteiger partial charge is 0.319 e. The molecule has 1 aromatic heterocycles. The Kier molecular flexibility index (Phi) is 2.93. The highest BCUT2D eigenvalue weighted by Gasteiger charge is 2.43. The zero-order chi connectivity index (χ0) is 14.2. The molecule has 3 rings (SSSR count). The standard InChI is InChI=1S/C14H16N4O2/c1-10-14(17-13(20)16-10)4-6-18(7-5-14)12-3-2-11(9-19)8-15-12/h2-3,8-9H,1,4-7H2,(H2,16,17,20). The maximum atomic E-state index is 11.4. The van der Waals surface area contributed by atoms with Gasteiger partial charge in [0, 0.05) is 30.5 Å². The Morgan fingerprint density at radius 3 is 2.60 bits per heavy atom. The third kappa shape index (κ3) is 2.03. The van der Waals surface area contributed by atoms with Crippen LogP contribution in [0.5, 0.6) is 0 Å². The molecule has 2 fully saturated rings. The Morgan fingerprint density at radius 1 is 1.35 bits per heavy atom. The molecule has 2 aliphatic rings. The summed E-state index contributed by atoms with van der Waals surface area (Å²) >= 11 is 0. The van der Waals surface area contributed by atoms with Crippen molar-refractivity contribution in [1.29, 1.82) is 0 Å². The minimum Gasteiger partial charge on any atom is -0.356 e. The Hall–Kier alpha value is -2.37. The molecule has 2 amide bonds. The van der Waals surface area contributed by atoms with Gasteiger partial charge < -0.3 is 15.5 Å². The van der Waals surface area contributed by atoms with Crippen LogP contribution < -0.4 is 15.5 Å². The predicted molar refractivity (Wildman–Crippen MR) is 74.6 cm³/mol. The lowest BCUT2D eigenvalue weighted by atomic mass is 9.86. The van der Waals surface area contributed by atoms with Gasteiger partial charge in [0.1, 0.15) is 5.82 Å². The van der Waals surface area contributed by atoms with E-state index < -0.39 is 0 Å². The number of hydrogen-bond acceptors (Lipinski definition) is 4. The van der Waals surface area contributed by atoms with Gasteiger partial charge in [0.15, 0.2) is 6.29 Å². The van der Waals surface area contributed by atoms with Crippen molar-refractivity contribution >= 4 is 18.1 Å². The quantitative estimate of drug-likeness (QED) is 0.789. The molecule has 20 heavy (non-hydrogen) atoms. The van der Waals surface area contributed by atoms with Gasteiger partial charge in [0.25, 0.3) is 0 Å². The average molecular weight is 272 g/mol. The van der Waals surface area contributed by atoms with Crippen LogP contribution >= 0.6 is 0 Å². The molecule has 1 aromatic rings. The van der Waals surface area contributed by atoms with Gasteiger partial charge in [0.2, 0.25) is 0 Å². The van der Waals surface area contributed by atoms with Crippen molar-refractivity contribution in [3.8, 4) is 0 Å². The number of urea groups is 1. The third-order valence-electron chi connectivity index (χ3n) is 4.04. The molecular weight excluding hydrogens is 256 g/mol. The van der Waals surface area contributed by atoms with Crippen LogP contribution in [0, 0.1) is 0 Å². The molecule has 2 N–H and O–H groups in total. The van der Waals surface area contributed by atoms with Gasteiger partial charge in [-0.05, 0) is 25.0 Å². The van der Waals surface area contributed by atoms with Gasteiger partial charge in [0.05, 0.1) is 5.54 Å². The highest BCUT2D eigenvalue weighted by atomic mass is 16.2. The fraction of sp³-hybridized carbons (Fsp3) is 0.357. The number of nitrogens with zero attached hydrogens (tertiary/aromatic N) is 2. The Labute approximate surface area is 116 Å². The van der Waals surface area contributed by atoms with Gasteiger partial charge in [-0.3, -0.25) is 4.79 Å². The summed E-state index contributed by atoms with van der Waals surface area (Å²) in [7, 11) is 0. The van der Waals surface area contributed by atoms with E-state index in [9.17, 15) is 9.59 Å². The maximum Gasteiger partial charge on any atom is 0.319 e. The molecule has 0 aromatic carbocycles. The van der Waals surface area contributed by atoms with Crippen molar-refractivity contribution < 1.29 is 9.59 Å². The van der Waals surface area contributed by atoms with E-state index in [0.29, 0.717) is 5.56 Å². The first-order chi connectivity index (χ1) is 9.63. The molecular formula is C14H16N4O2. The summed E-state index contributed by atoms with van der Waals surface area (Å²) in [5.41, 5.74) is 1.00. The summed E-state index contributed by atoms with van der Waals surface area (Å²) in [6, 6.07) is 3.44. The molecule has 0 unspecified atom stereocenters. The second kappa shape index (κ2) is 4.63. The predicted octanol–water partition coefficient (Wildman–Crippen LogP) is 1.06. The van der Waals surface area contributed by atoms with E-state index in [1.165, 1.54) is 0 Å². The largest absolute Gasteiger partial charge is 0.356 e. The number of pyridine rings is 1. The van der Waals surface area contributed by atoms with Crippen LogP contribution in [0.1, 0.15) is 23.2 Å². The van der Waals surface area contributed by atoms with Crippen LogP contribution in [0.3, 0.4) is 0 Å².